The predicted octanol–water partition coefficient (Wildman–Crippen LogP) is 5.11. The molecule has 1 fully saturated rings. The number of aliphatic carboxylic acids is 1. The van der Waals surface area contributed by atoms with E-state index in [4.69, 9.17) is 9.47 Å². The summed E-state index contributed by atoms with van der Waals surface area (Å²) in [6.07, 6.45) is 2.98. The van der Waals surface area contributed by atoms with E-state index in [0.717, 1.165) is 23.4 Å². The summed E-state index contributed by atoms with van der Waals surface area (Å²) in [5.41, 5.74) is 0.719. The average Bonchev–Trinajstić information content (AvgIpc) is 3.52. The molecule has 1 radical (unpaired) electrons. The van der Waals surface area contributed by atoms with Crippen LogP contribution in [0.1, 0.15) is 77.5 Å². The monoisotopic (exact) mass is 776 g/mol. The third-order valence-electron chi connectivity index (χ3n) is 8.05. The van der Waals surface area contributed by atoms with E-state index < -0.39 is 53.5 Å². The number of carboxylic acid groups (broad SMARTS) is 1. The number of ether oxygens (including phenoxy) is 2. The van der Waals surface area contributed by atoms with E-state index in [2.05, 4.69) is 27.0 Å². The Hall–Kier alpha value is -3.96. The Morgan fingerprint density at radius 3 is 2.04 bits per heavy atom. The molecule has 1 saturated heterocycles. The summed E-state index contributed by atoms with van der Waals surface area (Å²) >= 11 is 1.67. The smallest absolute Gasteiger partial charge is 0.861 e. The standard InChI is InChI=1S/C40H49N3O7S.Cu/c1-39(2,3)49-37(47)29(38(48)50-40(4,5)6)24-31(36(45)46)41-34(26-16-9-8-10-17-26)28-19-12-13-20-30(28)42-35(44)32-21-15-23-43(32)25-27-18-11-14-22-33(27)51-7;/h8-14,16-20,22,29,31-32H,15,21,23-25H2,1-7H3,(H,42,44)(H,45,46);/q;+2/p-2/t31-,32-;/m0./s1. The number of thioether (sulfide) groups is 1. The van der Waals surface area contributed by atoms with E-state index in [1.807, 2.05) is 24.5 Å². The summed E-state index contributed by atoms with van der Waals surface area (Å²) in [6, 6.07) is 21.8. The van der Waals surface area contributed by atoms with Gasteiger partial charge in [-0.25, -0.2) is 0 Å². The fourth-order valence-electron chi connectivity index (χ4n) is 5.82. The largest absolute Gasteiger partial charge is 2.00 e. The fraction of sp³-hybridized carbons (Fsp3) is 0.425. The van der Waals surface area contributed by atoms with Gasteiger partial charge in [-0.3, -0.25) is 24.5 Å². The number of hydrogen-bond acceptors (Lipinski definition) is 11. The van der Waals surface area contributed by atoms with Crippen LogP contribution in [0.3, 0.4) is 0 Å². The van der Waals surface area contributed by atoms with Crippen LogP contribution in [0.25, 0.3) is 0 Å². The molecule has 0 N–H and O–H groups in total. The van der Waals surface area contributed by atoms with Crippen molar-refractivity contribution < 1.29 is 51.1 Å². The molecule has 52 heavy (non-hydrogen) atoms. The molecule has 0 aromatic heterocycles. The number of rotatable bonds is 13. The molecule has 1 heterocycles. The van der Waals surface area contributed by atoms with Crippen LogP contribution < -0.4 is 10.2 Å². The summed E-state index contributed by atoms with van der Waals surface area (Å²) in [5, 5.41) is 26.6. The molecule has 4 rings (SSSR count). The van der Waals surface area contributed by atoms with Gasteiger partial charge in [0.2, 0.25) is 0 Å². The van der Waals surface area contributed by atoms with Gasteiger partial charge in [0, 0.05) is 28.6 Å². The van der Waals surface area contributed by atoms with Crippen LogP contribution in [0.5, 0.6) is 0 Å². The Kier molecular flexibility index (Phi) is 15.3. The Morgan fingerprint density at radius 2 is 1.44 bits per heavy atom. The zero-order chi connectivity index (χ0) is 37.3. The second-order valence-electron chi connectivity index (χ2n) is 14.4. The van der Waals surface area contributed by atoms with Gasteiger partial charge in [0.1, 0.15) is 11.2 Å². The van der Waals surface area contributed by atoms with Crippen molar-refractivity contribution in [1.82, 2.24) is 4.90 Å². The molecular formula is C40H47CuN3O7S. The quantitative estimate of drug-likeness (QED) is 0.0578. The summed E-state index contributed by atoms with van der Waals surface area (Å²) in [7, 11) is 0. The number of carboxylic acids is 1. The molecule has 3 aromatic rings. The van der Waals surface area contributed by atoms with Crippen LogP contribution in [-0.2, 0) is 47.5 Å². The molecular weight excluding hydrogens is 730 g/mol. The van der Waals surface area contributed by atoms with Crippen LogP contribution in [-0.4, -0.2) is 70.5 Å². The van der Waals surface area contributed by atoms with Crippen molar-refractivity contribution in [1.29, 1.82) is 0 Å². The van der Waals surface area contributed by atoms with Crippen molar-refractivity contribution in [2.75, 3.05) is 12.8 Å². The van der Waals surface area contributed by atoms with Crippen molar-refractivity contribution in [2.45, 2.75) is 95.5 Å². The Balaban J connectivity index is 0.00000729. The normalized spacial score (nSPS) is 16.3. The predicted molar refractivity (Wildman–Crippen MR) is 196 cm³/mol. The zero-order valence-electron chi connectivity index (χ0n) is 30.7. The maximum atomic E-state index is 13.9. The SMILES string of the molecule is CSc1ccccc1CN1CCC[C@H]1C([O-])=Nc1ccccc1C(=N[C@@H](CC(C(=O)OC(C)(C)C)C(=O)OC(C)(C)C)C(=O)[O-])c1ccccc1.[Cu+2]. The summed E-state index contributed by atoms with van der Waals surface area (Å²) in [6.45, 7) is 11.3. The molecule has 10 nitrogen and oxygen atoms in total. The molecule has 3 aromatic carbocycles. The van der Waals surface area contributed by atoms with Crippen molar-refractivity contribution in [3.05, 3.63) is 95.6 Å². The van der Waals surface area contributed by atoms with E-state index in [-0.39, 0.29) is 28.7 Å². The molecule has 0 amide bonds. The molecule has 1 aliphatic rings. The average molecular weight is 777 g/mol. The van der Waals surface area contributed by atoms with Crippen LogP contribution in [0.2, 0.25) is 0 Å². The molecule has 281 valence electrons. The molecule has 2 atom stereocenters. The number of aliphatic imine (C=N–C) groups is 2. The number of carbonyl (C=O) groups is 3. The molecule has 12 heteroatoms. The minimum absolute atomic E-state index is 0. The third-order valence-corrected chi connectivity index (χ3v) is 8.89. The number of benzene rings is 3. The van der Waals surface area contributed by atoms with Gasteiger partial charge in [-0.1, -0.05) is 66.7 Å². The molecule has 0 aliphatic carbocycles. The van der Waals surface area contributed by atoms with Gasteiger partial charge >= 0.3 is 29.0 Å². The van der Waals surface area contributed by atoms with Gasteiger partial charge in [-0.2, -0.15) is 0 Å². The number of hydrogen-bond donors (Lipinski definition) is 0. The second-order valence-corrected chi connectivity index (χ2v) is 15.3. The topological polar surface area (TPSA) is 144 Å². The third kappa shape index (κ3) is 12.0. The Morgan fingerprint density at radius 1 is 0.865 bits per heavy atom. The number of carbonyl (C=O) groups excluding carboxylic acids is 3. The fourth-order valence-corrected chi connectivity index (χ4v) is 6.43. The second kappa shape index (κ2) is 18.7. The van der Waals surface area contributed by atoms with Gasteiger partial charge in [0.15, 0.2) is 5.92 Å². The van der Waals surface area contributed by atoms with Crippen LogP contribution in [0, 0.1) is 5.92 Å². The summed E-state index contributed by atoms with van der Waals surface area (Å²) in [5.74, 6) is -5.36. The number of esters is 2. The summed E-state index contributed by atoms with van der Waals surface area (Å²) in [4.78, 5) is 51.8. The molecule has 1 aliphatic heterocycles. The van der Waals surface area contributed by atoms with Gasteiger partial charge in [-0.05, 0) is 97.2 Å². The van der Waals surface area contributed by atoms with Crippen LogP contribution >= 0.6 is 11.8 Å². The van der Waals surface area contributed by atoms with E-state index in [1.165, 1.54) is 0 Å². The summed E-state index contributed by atoms with van der Waals surface area (Å²) < 4.78 is 11.0. The van der Waals surface area contributed by atoms with E-state index in [1.54, 1.807) is 102 Å². The van der Waals surface area contributed by atoms with Gasteiger partial charge < -0.3 is 24.5 Å². The minimum Gasteiger partial charge on any atom is -0.861 e. The van der Waals surface area contributed by atoms with Gasteiger partial charge in [-0.15, -0.1) is 11.8 Å². The van der Waals surface area contributed by atoms with E-state index >= 15 is 0 Å². The van der Waals surface area contributed by atoms with Gasteiger partial charge in [0.05, 0.1) is 23.4 Å². The number of nitrogens with zero attached hydrogens (tertiary/aromatic N) is 3. The molecule has 0 unspecified atom stereocenters. The van der Waals surface area contributed by atoms with Crippen molar-refractivity contribution in [3.63, 3.8) is 0 Å². The number of para-hydroxylation sites is 1. The zero-order valence-corrected chi connectivity index (χ0v) is 32.4. The van der Waals surface area contributed by atoms with E-state index in [0.29, 0.717) is 29.8 Å². The maximum Gasteiger partial charge on any atom is 2.00 e. The van der Waals surface area contributed by atoms with Gasteiger partial charge in [0.25, 0.3) is 0 Å². The van der Waals surface area contributed by atoms with Crippen molar-refractivity contribution in [3.8, 4) is 0 Å². The van der Waals surface area contributed by atoms with Crippen LogP contribution in [0.15, 0.2) is 93.7 Å². The maximum absolute atomic E-state index is 13.9. The Bertz CT molecular complexity index is 1720. The van der Waals surface area contributed by atoms with E-state index in [9.17, 15) is 24.6 Å². The molecule has 0 saturated carbocycles. The first-order valence-corrected chi connectivity index (χ1v) is 18.3. The Labute approximate surface area is 321 Å². The number of likely N-dealkylation sites (tertiary alicyclic amines) is 1. The first-order valence-electron chi connectivity index (χ1n) is 17.1. The molecule has 0 spiro atoms. The van der Waals surface area contributed by atoms with Crippen molar-refractivity contribution in [2.24, 2.45) is 15.9 Å². The minimum atomic E-state index is -1.67. The van der Waals surface area contributed by atoms with Crippen LogP contribution in [0.4, 0.5) is 5.69 Å². The first kappa shape index (κ1) is 42.5. The first-order chi connectivity index (χ1) is 24.1. The van der Waals surface area contributed by atoms with Crippen molar-refractivity contribution >= 4 is 47.0 Å². The molecule has 0 bridgehead atoms.